The van der Waals surface area contributed by atoms with E-state index in [1.807, 2.05) is 18.2 Å². The molecule has 17 heavy (non-hydrogen) atoms. The number of aromatic amines is 1. The van der Waals surface area contributed by atoms with Crippen molar-refractivity contribution in [1.82, 2.24) is 9.97 Å². The summed E-state index contributed by atoms with van der Waals surface area (Å²) in [5, 5.41) is 8.86. The smallest absolute Gasteiger partial charge is 0.356 e. The molecule has 88 valence electrons. The number of carboxylic acids is 1. The van der Waals surface area contributed by atoms with E-state index in [-0.39, 0.29) is 12.3 Å². The predicted molar refractivity (Wildman–Crippen MR) is 64.0 cm³/mol. The number of carboxylic acid groups (broad SMARTS) is 1. The molecule has 0 saturated carbocycles. The van der Waals surface area contributed by atoms with Crippen molar-refractivity contribution in [1.29, 1.82) is 0 Å². The molecule has 2 N–H and O–H groups in total. The third-order valence-electron chi connectivity index (χ3n) is 2.13. The van der Waals surface area contributed by atoms with Crippen LogP contribution in [0.4, 0.5) is 0 Å². The topological polar surface area (TPSA) is 75.2 Å². The Hall–Kier alpha value is -1.82. The van der Waals surface area contributed by atoms with Crippen molar-refractivity contribution in [2.45, 2.75) is 6.61 Å². The average Bonchev–Trinajstić information content (AvgIpc) is 2.76. The number of benzene rings is 1. The van der Waals surface area contributed by atoms with Gasteiger partial charge in [-0.2, -0.15) is 0 Å². The first-order valence-corrected chi connectivity index (χ1v) is 5.60. The number of para-hydroxylation sites is 1. The molecule has 0 radical (unpaired) electrons. The lowest BCUT2D eigenvalue weighted by Gasteiger charge is -2.06. The van der Waals surface area contributed by atoms with Crippen molar-refractivity contribution in [3.63, 3.8) is 0 Å². The van der Waals surface area contributed by atoms with E-state index >= 15 is 0 Å². The first kappa shape index (κ1) is 11.7. The van der Waals surface area contributed by atoms with Crippen molar-refractivity contribution in [3.05, 3.63) is 46.5 Å². The number of aromatic carboxylic acids is 1. The van der Waals surface area contributed by atoms with Crippen LogP contribution in [0.15, 0.2) is 35.1 Å². The fourth-order valence-corrected chi connectivity index (χ4v) is 1.73. The monoisotopic (exact) mass is 296 g/mol. The summed E-state index contributed by atoms with van der Waals surface area (Å²) in [5.74, 6) is -0.421. The highest BCUT2D eigenvalue weighted by Crippen LogP contribution is 2.24. The second kappa shape index (κ2) is 5.01. The standard InChI is InChI=1S/C11H9BrN2O3/c12-7-3-1-2-4-9(7)17-5-8-10(11(15)16)14-6-13-8/h1-4,6H,5H2,(H,13,14)(H,15,16). The van der Waals surface area contributed by atoms with E-state index in [1.54, 1.807) is 6.07 Å². The molecule has 0 bridgehead atoms. The lowest BCUT2D eigenvalue weighted by Crippen LogP contribution is -2.05. The number of nitrogens with one attached hydrogen (secondary N) is 1. The molecular formula is C11H9BrN2O3. The van der Waals surface area contributed by atoms with E-state index in [1.165, 1.54) is 6.33 Å². The highest BCUT2D eigenvalue weighted by atomic mass is 79.9. The summed E-state index contributed by atoms with van der Waals surface area (Å²) in [6.07, 6.45) is 1.34. The Morgan fingerprint density at radius 2 is 2.24 bits per heavy atom. The fraction of sp³-hybridized carbons (Fsp3) is 0.0909. The molecule has 5 nitrogen and oxygen atoms in total. The maximum atomic E-state index is 10.8. The summed E-state index contributed by atoms with van der Waals surface area (Å²) >= 11 is 3.34. The molecule has 2 aromatic rings. The predicted octanol–water partition coefficient (Wildman–Crippen LogP) is 2.45. The zero-order valence-electron chi connectivity index (χ0n) is 8.68. The van der Waals surface area contributed by atoms with Crippen LogP contribution >= 0.6 is 15.9 Å². The number of aromatic nitrogens is 2. The molecule has 0 spiro atoms. The van der Waals surface area contributed by atoms with Gasteiger partial charge >= 0.3 is 5.97 Å². The molecule has 2 rings (SSSR count). The molecule has 0 fully saturated rings. The summed E-state index contributed by atoms with van der Waals surface area (Å²) in [6, 6.07) is 7.35. The second-order valence-corrected chi connectivity index (χ2v) is 4.11. The maximum absolute atomic E-state index is 10.8. The molecule has 0 unspecified atom stereocenters. The molecule has 1 aromatic heterocycles. The number of halogens is 1. The third-order valence-corrected chi connectivity index (χ3v) is 2.78. The van der Waals surface area contributed by atoms with Gasteiger partial charge in [-0.15, -0.1) is 0 Å². The molecule has 0 aliphatic carbocycles. The largest absolute Gasteiger partial charge is 0.486 e. The molecule has 0 saturated heterocycles. The van der Waals surface area contributed by atoms with Crippen LogP contribution in [0.3, 0.4) is 0 Å². The number of ether oxygens (including phenoxy) is 1. The Bertz CT molecular complexity index is 539. The summed E-state index contributed by atoms with van der Waals surface area (Å²) in [4.78, 5) is 17.3. The molecule has 0 aliphatic heterocycles. The van der Waals surface area contributed by atoms with Gasteiger partial charge in [0.1, 0.15) is 12.4 Å². The Labute approximate surface area is 106 Å². The van der Waals surface area contributed by atoms with Crippen LogP contribution in [0, 0.1) is 0 Å². The van der Waals surface area contributed by atoms with Gasteiger partial charge in [0.05, 0.1) is 16.5 Å². The minimum atomic E-state index is -1.07. The fourth-order valence-electron chi connectivity index (χ4n) is 1.33. The van der Waals surface area contributed by atoms with Crippen LogP contribution in [0.5, 0.6) is 5.75 Å². The van der Waals surface area contributed by atoms with Gasteiger partial charge in [-0.1, -0.05) is 12.1 Å². The first-order chi connectivity index (χ1) is 8.18. The highest BCUT2D eigenvalue weighted by molar-refractivity contribution is 9.10. The average molecular weight is 297 g/mol. The van der Waals surface area contributed by atoms with Crippen LogP contribution in [0.2, 0.25) is 0 Å². The van der Waals surface area contributed by atoms with Gasteiger partial charge in [-0.3, -0.25) is 0 Å². The molecule has 0 aliphatic rings. The van der Waals surface area contributed by atoms with E-state index in [0.29, 0.717) is 11.4 Å². The van der Waals surface area contributed by atoms with Crippen molar-refractivity contribution in [2.24, 2.45) is 0 Å². The number of H-pyrrole nitrogens is 1. The van der Waals surface area contributed by atoms with Gasteiger partial charge in [0.15, 0.2) is 5.69 Å². The zero-order valence-corrected chi connectivity index (χ0v) is 10.3. The molecular weight excluding hydrogens is 288 g/mol. The van der Waals surface area contributed by atoms with Gasteiger partial charge in [-0.25, -0.2) is 9.78 Å². The number of hydrogen-bond acceptors (Lipinski definition) is 3. The van der Waals surface area contributed by atoms with Gasteiger partial charge in [0, 0.05) is 0 Å². The van der Waals surface area contributed by atoms with E-state index in [9.17, 15) is 4.79 Å². The summed E-state index contributed by atoms with van der Waals surface area (Å²) in [5.41, 5.74) is 0.422. The van der Waals surface area contributed by atoms with Crippen LogP contribution < -0.4 is 4.74 Å². The Balaban J connectivity index is 2.10. The van der Waals surface area contributed by atoms with Gasteiger partial charge in [0.25, 0.3) is 0 Å². The van der Waals surface area contributed by atoms with Gasteiger partial charge in [-0.05, 0) is 28.1 Å². The molecule has 1 aromatic carbocycles. The lowest BCUT2D eigenvalue weighted by atomic mass is 10.3. The van der Waals surface area contributed by atoms with Crippen molar-refractivity contribution in [3.8, 4) is 5.75 Å². The van der Waals surface area contributed by atoms with Crippen LogP contribution in [0.1, 0.15) is 16.2 Å². The second-order valence-electron chi connectivity index (χ2n) is 3.25. The quantitative estimate of drug-likeness (QED) is 0.909. The van der Waals surface area contributed by atoms with Crippen molar-refractivity contribution >= 4 is 21.9 Å². The molecule has 6 heteroatoms. The molecule has 0 atom stereocenters. The summed E-state index contributed by atoms with van der Waals surface area (Å²) in [6.45, 7) is 0.129. The van der Waals surface area contributed by atoms with Crippen LogP contribution in [-0.2, 0) is 6.61 Å². The Morgan fingerprint density at radius 3 is 2.94 bits per heavy atom. The zero-order chi connectivity index (χ0) is 12.3. The van der Waals surface area contributed by atoms with Gasteiger partial charge < -0.3 is 14.8 Å². The minimum Gasteiger partial charge on any atom is -0.486 e. The maximum Gasteiger partial charge on any atom is 0.356 e. The van der Waals surface area contributed by atoms with E-state index in [4.69, 9.17) is 9.84 Å². The lowest BCUT2D eigenvalue weighted by molar-refractivity contribution is 0.0688. The molecule has 0 amide bonds. The number of rotatable bonds is 4. The minimum absolute atomic E-state index is 0.0166. The Morgan fingerprint density at radius 1 is 1.47 bits per heavy atom. The van der Waals surface area contributed by atoms with Crippen molar-refractivity contribution < 1.29 is 14.6 Å². The van der Waals surface area contributed by atoms with Crippen LogP contribution in [0.25, 0.3) is 0 Å². The van der Waals surface area contributed by atoms with Gasteiger partial charge in [0.2, 0.25) is 0 Å². The van der Waals surface area contributed by atoms with Crippen LogP contribution in [-0.4, -0.2) is 21.0 Å². The van der Waals surface area contributed by atoms with E-state index in [2.05, 4.69) is 25.9 Å². The molecule has 1 heterocycles. The Kier molecular flexibility index (Phi) is 3.43. The number of nitrogens with zero attached hydrogens (tertiary/aromatic N) is 1. The van der Waals surface area contributed by atoms with E-state index < -0.39 is 5.97 Å². The number of imidazole rings is 1. The highest BCUT2D eigenvalue weighted by Gasteiger charge is 2.13. The number of carbonyl (C=O) groups is 1. The summed E-state index contributed by atoms with van der Waals surface area (Å²) < 4.78 is 6.31. The third kappa shape index (κ3) is 2.65. The first-order valence-electron chi connectivity index (χ1n) is 4.81. The van der Waals surface area contributed by atoms with Crippen molar-refractivity contribution in [2.75, 3.05) is 0 Å². The van der Waals surface area contributed by atoms with E-state index in [0.717, 1.165) is 4.47 Å². The normalized spacial score (nSPS) is 10.2. The summed E-state index contributed by atoms with van der Waals surface area (Å²) in [7, 11) is 0. The number of hydrogen-bond donors (Lipinski definition) is 2. The SMILES string of the molecule is O=C(O)c1nc[nH]c1COc1ccccc1Br.